The first kappa shape index (κ1) is 17.0. The van der Waals surface area contributed by atoms with Gasteiger partial charge in [0.1, 0.15) is 12.1 Å². The fourth-order valence-electron chi connectivity index (χ4n) is 3.15. The molecule has 3 aromatic rings. The number of aromatic nitrogens is 3. The van der Waals surface area contributed by atoms with Crippen LogP contribution < -0.4 is 5.32 Å². The fraction of sp³-hybridized carbons (Fsp3) is 0.263. The number of imidazole rings is 1. The Morgan fingerprint density at radius 1 is 1.19 bits per heavy atom. The second-order valence-corrected chi connectivity index (χ2v) is 6.39. The summed E-state index contributed by atoms with van der Waals surface area (Å²) >= 11 is 0. The van der Waals surface area contributed by atoms with Gasteiger partial charge >= 0.3 is 0 Å². The van der Waals surface area contributed by atoms with Gasteiger partial charge in [-0.1, -0.05) is 0 Å². The number of amides is 2. The van der Waals surface area contributed by atoms with E-state index in [4.69, 9.17) is 4.42 Å². The van der Waals surface area contributed by atoms with Crippen molar-refractivity contribution in [3.8, 4) is 5.82 Å². The average molecular weight is 365 g/mol. The van der Waals surface area contributed by atoms with Gasteiger partial charge in [-0.25, -0.2) is 9.97 Å². The van der Waals surface area contributed by atoms with Gasteiger partial charge in [-0.2, -0.15) is 0 Å². The van der Waals surface area contributed by atoms with Crippen molar-refractivity contribution >= 4 is 11.8 Å². The van der Waals surface area contributed by atoms with Crippen LogP contribution in [-0.4, -0.2) is 50.4 Å². The highest BCUT2D eigenvalue weighted by Gasteiger charge is 2.26. The highest BCUT2D eigenvalue weighted by molar-refractivity contribution is 5.94. The molecule has 1 aliphatic rings. The predicted octanol–water partition coefficient (Wildman–Crippen LogP) is 1.89. The van der Waals surface area contributed by atoms with Crippen LogP contribution in [0.3, 0.4) is 0 Å². The third kappa shape index (κ3) is 3.74. The molecule has 4 heterocycles. The van der Waals surface area contributed by atoms with Crippen molar-refractivity contribution in [1.29, 1.82) is 0 Å². The number of furan rings is 1. The zero-order chi connectivity index (χ0) is 18.6. The Kier molecular flexibility index (Phi) is 4.69. The molecule has 8 heteroatoms. The summed E-state index contributed by atoms with van der Waals surface area (Å²) in [5.41, 5.74) is 0.544. The van der Waals surface area contributed by atoms with E-state index in [0.717, 1.165) is 0 Å². The largest absolute Gasteiger partial charge is 0.459 e. The molecule has 1 N–H and O–H groups in total. The lowest BCUT2D eigenvalue weighted by atomic mass is 10.0. The third-order valence-electron chi connectivity index (χ3n) is 4.63. The van der Waals surface area contributed by atoms with Gasteiger partial charge in [0.2, 0.25) is 0 Å². The normalized spacial score (nSPS) is 14.9. The van der Waals surface area contributed by atoms with Gasteiger partial charge in [-0.05, 0) is 37.1 Å². The number of hydrogen-bond donors (Lipinski definition) is 1. The number of rotatable bonds is 4. The summed E-state index contributed by atoms with van der Waals surface area (Å²) in [5.74, 6) is 0.735. The summed E-state index contributed by atoms with van der Waals surface area (Å²) in [7, 11) is 0. The van der Waals surface area contributed by atoms with Crippen LogP contribution in [0.2, 0.25) is 0 Å². The highest BCUT2D eigenvalue weighted by Crippen LogP contribution is 2.15. The van der Waals surface area contributed by atoms with Gasteiger partial charge in [0.25, 0.3) is 11.8 Å². The number of nitrogens with zero attached hydrogens (tertiary/aromatic N) is 4. The molecule has 3 aromatic heterocycles. The Morgan fingerprint density at radius 3 is 2.74 bits per heavy atom. The van der Waals surface area contributed by atoms with Crippen LogP contribution in [-0.2, 0) is 0 Å². The third-order valence-corrected chi connectivity index (χ3v) is 4.63. The van der Waals surface area contributed by atoms with Crippen molar-refractivity contribution in [2.75, 3.05) is 13.1 Å². The summed E-state index contributed by atoms with van der Waals surface area (Å²) in [6, 6.07) is 6.81. The Bertz CT molecular complexity index is 913. The Balaban J connectivity index is 1.35. The summed E-state index contributed by atoms with van der Waals surface area (Å²) in [5, 5.41) is 3.05. The number of pyridine rings is 1. The molecule has 4 rings (SSSR count). The van der Waals surface area contributed by atoms with Crippen molar-refractivity contribution in [1.82, 2.24) is 24.8 Å². The molecule has 0 spiro atoms. The first-order valence-corrected chi connectivity index (χ1v) is 8.79. The minimum atomic E-state index is -0.144. The highest BCUT2D eigenvalue weighted by atomic mass is 16.3. The molecule has 0 atom stereocenters. The van der Waals surface area contributed by atoms with Gasteiger partial charge in [0.05, 0.1) is 6.26 Å². The molecule has 1 fully saturated rings. The summed E-state index contributed by atoms with van der Waals surface area (Å²) in [6.45, 7) is 1.17. The minimum Gasteiger partial charge on any atom is -0.459 e. The molecule has 8 nitrogen and oxygen atoms in total. The number of carbonyl (C=O) groups excluding carboxylic acids is 2. The maximum Gasteiger partial charge on any atom is 0.289 e. The van der Waals surface area contributed by atoms with Gasteiger partial charge in [-0.15, -0.1) is 0 Å². The van der Waals surface area contributed by atoms with Crippen LogP contribution in [0.1, 0.15) is 33.8 Å². The van der Waals surface area contributed by atoms with Crippen LogP contribution in [0.15, 0.2) is 59.9 Å². The Morgan fingerprint density at radius 2 is 2.04 bits per heavy atom. The van der Waals surface area contributed by atoms with Crippen molar-refractivity contribution in [2.24, 2.45) is 0 Å². The summed E-state index contributed by atoms with van der Waals surface area (Å²) in [6.07, 6.45) is 9.58. The van der Waals surface area contributed by atoms with Gasteiger partial charge in [0, 0.05) is 43.3 Å². The minimum absolute atomic E-state index is 0.0306. The first-order valence-electron chi connectivity index (χ1n) is 8.79. The first-order chi connectivity index (χ1) is 13.2. The van der Waals surface area contributed by atoms with Crippen molar-refractivity contribution in [3.63, 3.8) is 0 Å². The van der Waals surface area contributed by atoms with Crippen molar-refractivity contribution in [2.45, 2.75) is 18.9 Å². The Hall–Kier alpha value is -3.42. The molecule has 0 saturated carbocycles. The fourth-order valence-corrected chi connectivity index (χ4v) is 3.15. The van der Waals surface area contributed by atoms with E-state index in [1.165, 1.54) is 6.26 Å². The number of piperidine rings is 1. The van der Waals surface area contributed by atoms with E-state index in [-0.39, 0.29) is 17.9 Å². The zero-order valence-corrected chi connectivity index (χ0v) is 14.6. The lowest BCUT2D eigenvalue weighted by Crippen LogP contribution is -2.46. The van der Waals surface area contributed by atoms with E-state index in [0.29, 0.717) is 43.1 Å². The molecule has 1 saturated heterocycles. The number of nitrogens with one attached hydrogen (secondary N) is 1. The van der Waals surface area contributed by atoms with E-state index in [1.807, 2.05) is 0 Å². The smallest absolute Gasteiger partial charge is 0.289 e. The number of hydrogen-bond acceptors (Lipinski definition) is 5. The predicted molar refractivity (Wildman–Crippen MR) is 96.5 cm³/mol. The summed E-state index contributed by atoms with van der Waals surface area (Å²) < 4.78 is 6.91. The lowest BCUT2D eigenvalue weighted by Gasteiger charge is -2.31. The molecule has 0 radical (unpaired) electrons. The molecule has 0 bridgehead atoms. The molecule has 0 aliphatic carbocycles. The molecular weight excluding hydrogens is 346 g/mol. The molecule has 0 unspecified atom stereocenters. The van der Waals surface area contributed by atoms with E-state index in [2.05, 4.69) is 15.3 Å². The van der Waals surface area contributed by atoms with E-state index < -0.39 is 0 Å². The van der Waals surface area contributed by atoms with E-state index in [1.54, 1.807) is 58.7 Å². The molecule has 138 valence electrons. The SMILES string of the molecule is O=C(NC1CCN(C(=O)c2ccco2)CC1)c1ccnc(-n2ccnc2)c1. The maximum atomic E-state index is 12.6. The monoisotopic (exact) mass is 365 g/mol. The van der Waals surface area contributed by atoms with Gasteiger partial charge in [0.15, 0.2) is 5.76 Å². The number of carbonyl (C=O) groups is 2. The van der Waals surface area contributed by atoms with Crippen LogP contribution in [0.5, 0.6) is 0 Å². The van der Waals surface area contributed by atoms with E-state index in [9.17, 15) is 9.59 Å². The van der Waals surface area contributed by atoms with Crippen LogP contribution in [0, 0.1) is 0 Å². The van der Waals surface area contributed by atoms with Crippen molar-refractivity contribution < 1.29 is 14.0 Å². The molecular formula is C19H19N5O3. The van der Waals surface area contributed by atoms with Crippen molar-refractivity contribution in [3.05, 3.63) is 66.8 Å². The molecule has 27 heavy (non-hydrogen) atoms. The van der Waals surface area contributed by atoms with Crippen LogP contribution >= 0.6 is 0 Å². The van der Waals surface area contributed by atoms with Crippen LogP contribution in [0.25, 0.3) is 5.82 Å². The zero-order valence-electron chi connectivity index (χ0n) is 14.6. The van der Waals surface area contributed by atoms with Crippen LogP contribution in [0.4, 0.5) is 0 Å². The Labute approximate surface area is 155 Å². The molecule has 2 amide bonds. The van der Waals surface area contributed by atoms with Gasteiger partial charge in [-0.3, -0.25) is 14.2 Å². The quantitative estimate of drug-likeness (QED) is 0.762. The second-order valence-electron chi connectivity index (χ2n) is 6.39. The maximum absolute atomic E-state index is 12.6. The average Bonchev–Trinajstić information content (AvgIpc) is 3.42. The lowest BCUT2D eigenvalue weighted by molar-refractivity contribution is 0.0667. The molecule has 1 aliphatic heterocycles. The summed E-state index contributed by atoms with van der Waals surface area (Å²) in [4.78, 5) is 34.9. The second kappa shape index (κ2) is 7.45. The number of likely N-dealkylation sites (tertiary alicyclic amines) is 1. The van der Waals surface area contributed by atoms with E-state index >= 15 is 0 Å². The molecule has 0 aromatic carbocycles. The van der Waals surface area contributed by atoms with Gasteiger partial charge < -0.3 is 14.6 Å². The standard InChI is InChI=1S/C19H19N5O3/c25-18(14-3-6-21-17(12-14)24-10-7-20-13-24)22-15-4-8-23(9-5-15)19(26)16-2-1-11-27-16/h1-3,6-7,10-13,15H,4-5,8-9H2,(H,22,25). The topological polar surface area (TPSA) is 93.3 Å².